The van der Waals surface area contributed by atoms with E-state index < -0.39 is 5.60 Å². The Hall–Kier alpha value is -1.36. The van der Waals surface area contributed by atoms with Crippen molar-refractivity contribution >= 4 is 11.9 Å². The van der Waals surface area contributed by atoms with Crippen LogP contribution in [0.15, 0.2) is 11.6 Å². The van der Waals surface area contributed by atoms with Crippen molar-refractivity contribution in [1.29, 1.82) is 0 Å². The minimum Gasteiger partial charge on any atom is -0.466 e. The van der Waals surface area contributed by atoms with Crippen LogP contribution in [-0.4, -0.2) is 35.2 Å². The maximum atomic E-state index is 12.5. The topological polar surface area (TPSA) is 75.6 Å². The summed E-state index contributed by atoms with van der Waals surface area (Å²) in [5, 5.41) is 13.5. The monoisotopic (exact) mass is 515 g/mol. The second-order valence-corrected chi connectivity index (χ2v) is 14.1. The van der Waals surface area contributed by atoms with E-state index in [9.17, 15) is 14.7 Å². The van der Waals surface area contributed by atoms with Gasteiger partial charge in [-0.2, -0.15) is 0 Å². The summed E-state index contributed by atoms with van der Waals surface area (Å²) < 4.78 is 4.96. The number of allylic oxidation sites excluding steroid dienone is 1. The van der Waals surface area contributed by atoms with Crippen LogP contribution in [-0.2, 0) is 14.3 Å². The average molecular weight is 516 g/mol. The first-order valence-corrected chi connectivity index (χ1v) is 15.2. The summed E-state index contributed by atoms with van der Waals surface area (Å²) in [5.74, 6) is 3.49. The van der Waals surface area contributed by atoms with Gasteiger partial charge >= 0.3 is 5.97 Å². The van der Waals surface area contributed by atoms with Gasteiger partial charge in [0, 0.05) is 12.5 Å². The fourth-order valence-corrected chi connectivity index (χ4v) is 9.29. The third kappa shape index (κ3) is 5.97. The summed E-state index contributed by atoms with van der Waals surface area (Å²) in [7, 11) is 0. The fraction of sp³-hybridized carbons (Fsp3) is 0.875. The lowest BCUT2D eigenvalue weighted by Gasteiger charge is -2.58. The van der Waals surface area contributed by atoms with Crippen molar-refractivity contribution in [1.82, 2.24) is 5.32 Å². The van der Waals surface area contributed by atoms with Gasteiger partial charge in [-0.25, -0.2) is 0 Å². The van der Waals surface area contributed by atoms with Gasteiger partial charge in [-0.05, 0) is 125 Å². The number of ether oxygens (including phenoxy) is 1. The van der Waals surface area contributed by atoms with Crippen LogP contribution in [0.2, 0.25) is 0 Å². The summed E-state index contributed by atoms with van der Waals surface area (Å²) in [6, 6.07) is 0.187. The van der Waals surface area contributed by atoms with E-state index >= 15 is 0 Å². The number of rotatable bonds is 9. The molecule has 4 rings (SSSR count). The Balaban J connectivity index is 1.38. The molecule has 210 valence electrons. The smallest absolute Gasteiger partial charge is 0.306 e. The molecule has 0 radical (unpaired) electrons. The van der Waals surface area contributed by atoms with E-state index in [2.05, 4.69) is 32.2 Å². The van der Waals surface area contributed by atoms with Crippen LogP contribution in [0.5, 0.6) is 0 Å². The molecule has 4 aliphatic carbocycles. The minimum absolute atomic E-state index is 0.0277. The van der Waals surface area contributed by atoms with Crippen molar-refractivity contribution in [3.8, 4) is 0 Å². The maximum Gasteiger partial charge on any atom is 0.306 e. The fourth-order valence-electron chi connectivity index (χ4n) is 9.29. The predicted molar refractivity (Wildman–Crippen MR) is 148 cm³/mol. The lowest BCUT2D eigenvalue weighted by molar-refractivity contribution is -0.144. The molecule has 5 heteroatoms. The number of nitrogens with one attached hydrogen (secondary N) is 1. The Morgan fingerprint density at radius 2 is 1.89 bits per heavy atom. The highest BCUT2D eigenvalue weighted by molar-refractivity contribution is 5.81. The van der Waals surface area contributed by atoms with Gasteiger partial charge in [-0.15, -0.1) is 0 Å². The summed E-state index contributed by atoms with van der Waals surface area (Å²) in [4.78, 5) is 24.1. The molecule has 4 unspecified atom stereocenters. The molecule has 0 aliphatic heterocycles. The summed E-state index contributed by atoms with van der Waals surface area (Å²) >= 11 is 0. The van der Waals surface area contributed by atoms with E-state index in [-0.39, 0.29) is 36.2 Å². The maximum absolute atomic E-state index is 12.5. The van der Waals surface area contributed by atoms with Gasteiger partial charge in [0.1, 0.15) is 0 Å². The summed E-state index contributed by atoms with van der Waals surface area (Å²) in [5.41, 5.74) is 1.71. The third-order valence-electron chi connectivity index (χ3n) is 11.3. The van der Waals surface area contributed by atoms with Gasteiger partial charge < -0.3 is 15.2 Å². The molecule has 0 aromatic carbocycles. The van der Waals surface area contributed by atoms with E-state index in [1.165, 1.54) is 32.1 Å². The molecule has 1 amide bonds. The number of carbonyl (C=O) groups excluding carboxylic acids is 2. The zero-order valence-corrected chi connectivity index (χ0v) is 24.4. The van der Waals surface area contributed by atoms with Gasteiger partial charge in [-0.1, -0.05) is 32.4 Å². The Morgan fingerprint density at radius 3 is 2.59 bits per heavy atom. The number of carbonyl (C=O) groups is 2. The molecule has 0 bridgehead atoms. The van der Waals surface area contributed by atoms with Crippen molar-refractivity contribution in [2.45, 2.75) is 130 Å². The quantitative estimate of drug-likeness (QED) is 0.269. The number of hydrogen-bond donors (Lipinski definition) is 2. The molecule has 37 heavy (non-hydrogen) atoms. The Morgan fingerprint density at radius 1 is 1.14 bits per heavy atom. The molecular weight excluding hydrogens is 462 g/mol. The number of amides is 1. The molecule has 0 saturated heterocycles. The van der Waals surface area contributed by atoms with E-state index in [0.717, 1.165) is 55.8 Å². The number of fused-ring (bicyclic) bond motifs is 5. The second-order valence-electron chi connectivity index (χ2n) is 14.1. The molecule has 4 aliphatic rings. The van der Waals surface area contributed by atoms with E-state index in [1.807, 2.05) is 13.8 Å². The Labute approximate surface area is 225 Å². The minimum atomic E-state index is -0.566. The van der Waals surface area contributed by atoms with Gasteiger partial charge in [-0.3, -0.25) is 9.59 Å². The summed E-state index contributed by atoms with van der Waals surface area (Å²) in [6.45, 7) is 13.6. The first-order valence-electron chi connectivity index (χ1n) is 15.2. The van der Waals surface area contributed by atoms with Crippen LogP contribution in [0, 0.1) is 40.4 Å². The predicted octanol–water partition coefficient (Wildman–Crippen LogP) is 6.58. The first-order chi connectivity index (χ1) is 17.4. The van der Waals surface area contributed by atoms with Crippen molar-refractivity contribution in [2.24, 2.45) is 40.4 Å². The van der Waals surface area contributed by atoms with Gasteiger partial charge in [0.05, 0.1) is 18.6 Å². The largest absolute Gasteiger partial charge is 0.466 e. The lowest BCUT2D eigenvalue weighted by atomic mass is 9.47. The molecule has 5 nitrogen and oxygen atoms in total. The SMILES string of the molecule is CCOC(=O)CCC(=O)N[C@H]1CC[C@@]2(C)C(=CCC3C2CC[C@@]2(C)C3CC[C@@H]2C(C)CCC(C)(C)O)C1. The lowest BCUT2D eigenvalue weighted by Crippen LogP contribution is -2.52. The molecule has 3 fully saturated rings. The standard InChI is InChI=1S/C32H53NO4/c1-7-37-29(35)13-12-28(34)33-23-15-18-31(5)22(20-23)8-9-24-26-11-10-25(21(2)14-17-30(3,4)36)32(26,6)19-16-27(24)31/h8,21,23-27,36H,7,9-20H2,1-6H3,(H,33,34)/t21?,23-,24?,25+,26?,27?,31-,32+/m0/s1. The average Bonchev–Trinajstić information content (AvgIpc) is 3.18. The molecule has 0 spiro atoms. The third-order valence-corrected chi connectivity index (χ3v) is 11.3. The molecule has 2 N–H and O–H groups in total. The van der Waals surface area contributed by atoms with Crippen LogP contribution < -0.4 is 5.32 Å². The number of esters is 1. The van der Waals surface area contributed by atoms with Crippen LogP contribution in [0.1, 0.15) is 119 Å². The first kappa shape index (κ1) is 28.6. The van der Waals surface area contributed by atoms with Crippen molar-refractivity contribution in [2.75, 3.05) is 6.61 Å². The summed E-state index contributed by atoms with van der Waals surface area (Å²) in [6.07, 6.45) is 14.7. The molecule has 3 saturated carbocycles. The van der Waals surface area contributed by atoms with Crippen LogP contribution >= 0.6 is 0 Å². The zero-order chi connectivity index (χ0) is 27.0. The highest BCUT2D eigenvalue weighted by Crippen LogP contribution is 2.67. The highest BCUT2D eigenvalue weighted by atomic mass is 16.5. The van der Waals surface area contributed by atoms with Crippen LogP contribution in [0.3, 0.4) is 0 Å². The zero-order valence-electron chi connectivity index (χ0n) is 24.4. The van der Waals surface area contributed by atoms with Crippen LogP contribution in [0.25, 0.3) is 0 Å². The molecule has 8 atom stereocenters. The normalized spacial score (nSPS) is 38.0. The number of hydrogen-bond acceptors (Lipinski definition) is 4. The van der Waals surface area contributed by atoms with Gasteiger partial charge in [0.25, 0.3) is 0 Å². The van der Waals surface area contributed by atoms with Crippen molar-refractivity contribution in [3.63, 3.8) is 0 Å². The molecule has 0 heterocycles. The van der Waals surface area contributed by atoms with E-state index in [0.29, 0.717) is 17.9 Å². The van der Waals surface area contributed by atoms with Crippen LogP contribution in [0.4, 0.5) is 0 Å². The molecule has 0 aromatic rings. The van der Waals surface area contributed by atoms with E-state index in [4.69, 9.17) is 4.74 Å². The second kappa shape index (κ2) is 11.0. The number of aliphatic hydroxyl groups is 1. The van der Waals surface area contributed by atoms with E-state index in [1.54, 1.807) is 12.5 Å². The van der Waals surface area contributed by atoms with Crippen molar-refractivity contribution in [3.05, 3.63) is 11.6 Å². The Bertz CT molecular complexity index is 875. The molecular formula is C32H53NO4. The van der Waals surface area contributed by atoms with Crippen molar-refractivity contribution < 1.29 is 19.4 Å². The van der Waals surface area contributed by atoms with Gasteiger partial charge in [0.2, 0.25) is 5.91 Å². The Kier molecular flexibility index (Phi) is 8.53. The highest BCUT2D eigenvalue weighted by Gasteiger charge is 2.59. The van der Waals surface area contributed by atoms with Gasteiger partial charge in [0.15, 0.2) is 0 Å². The molecule has 0 aromatic heterocycles.